The molecule has 0 saturated heterocycles. The Morgan fingerprint density at radius 3 is 2.00 bits per heavy atom. The molecule has 2 N–H and O–H groups in total. The molecule has 0 aliphatic heterocycles. The number of nitrogens with zero attached hydrogens (tertiary/aromatic N) is 2. The van der Waals surface area contributed by atoms with Crippen LogP contribution in [0, 0.1) is 0 Å². The lowest BCUT2D eigenvalue weighted by atomic mass is 9.89. The van der Waals surface area contributed by atoms with Gasteiger partial charge in [-0.25, -0.2) is 4.68 Å². The van der Waals surface area contributed by atoms with E-state index in [0.29, 0.717) is 6.54 Å². The van der Waals surface area contributed by atoms with Crippen molar-refractivity contribution in [1.29, 1.82) is 0 Å². The molecule has 0 aliphatic carbocycles. The fourth-order valence-electron chi connectivity index (χ4n) is 1.89. The van der Waals surface area contributed by atoms with Crippen molar-refractivity contribution in [3.8, 4) is 5.88 Å². The molecule has 1 aromatic rings. The molecule has 0 aliphatic rings. The molecule has 0 spiro atoms. The predicted molar refractivity (Wildman–Crippen MR) is 70.4 cm³/mol. The van der Waals surface area contributed by atoms with Crippen molar-refractivity contribution in [3.63, 3.8) is 0 Å². The highest BCUT2D eigenvalue weighted by molar-refractivity contribution is 5.36. The van der Waals surface area contributed by atoms with Gasteiger partial charge >= 0.3 is 0 Å². The number of nitrogens with two attached hydrogens (primary N) is 1. The van der Waals surface area contributed by atoms with E-state index < -0.39 is 0 Å². The Bertz CT molecular complexity index is 358. The third kappa shape index (κ3) is 2.63. The standard InChI is InChI=1S/C13H25N3O/c1-12(2,3)10-9(8-14)11(17-7)16(15-10)13(4,5)6/h8,14H2,1-7H3. The first-order chi connectivity index (χ1) is 7.62. The zero-order valence-corrected chi connectivity index (χ0v) is 12.1. The van der Waals surface area contributed by atoms with E-state index in [4.69, 9.17) is 15.6 Å². The van der Waals surface area contributed by atoms with Crippen molar-refractivity contribution in [3.05, 3.63) is 11.3 Å². The van der Waals surface area contributed by atoms with Crippen molar-refractivity contribution in [2.75, 3.05) is 7.11 Å². The summed E-state index contributed by atoms with van der Waals surface area (Å²) >= 11 is 0. The van der Waals surface area contributed by atoms with Gasteiger partial charge in [0.1, 0.15) is 0 Å². The van der Waals surface area contributed by atoms with E-state index >= 15 is 0 Å². The van der Waals surface area contributed by atoms with Gasteiger partial charge in [-0.2, -0.15) is 5.10 Å². The molecule has 0 bridgehead atoms. The van der Waals surface area contributed by atoms with Crippen molar-refractivity contribution in [1.82, 2.24) is 9.78 Å². The molecule has 0 unspecified atom stereocenters. The van der Waals surface area contributed by atoms with Crippen LogP contribution >= 0.6 is 0 Å². The van der Waals surface area contributed by atoms with Gasteiger partial charge in [-0.3, -0.25) is 0 Å². The maximum Gasteiger partial charge on any atom is 0.216 e. The highest BCUT2D eigenvalue weighted by Crippen LogP contribution is 2.34. The number of ether oxygens (including phenoxy) is 1. The van der Waals surface area contributed by atoms with Crippen LogP contribution in [0.4, 0.5) is 0 Å². The topological polar surface area (TPSA) is 53.1 Å². The smallest absolute Gasteiger partial charge is 0.216 e. The van der Waals surface area contributed by atoms with Crippen molar-refractivity contribution in [2.24, 2.45) is 5.73 Å². The number of rotatable bonds is 2. The van der Waals surface area contributed by atoms with Crippen molar-refractivity contribution in [2.45, 2.75) is 59.0 Å². The molecule has 1 heterocycles. The number of methoxy groups -OCH3 is 1. The third-order valence-corrected chi connectivity index (χ3v) is 2.68. The Hall–Kier alpha value is -1.03. The minimum absolute atomic E-state index is 0.0293. The fourth-order valence-corrected chi connectivity index (χ4v) is 1.89. The van der Waals surface area contributed by atoms with Crippen LogP contribution < -0.4 is 10.5 Å². The van der Waals surface area contributed by atoms with E-state index in [0.717, 1.165) is 17.1 Å². The van der Waals surface area contributed by atoms with Crippen LogP contribution in [0.1, 0.15) is 52.8 Å². The quantitative estimate of drug-likeness (QED) is 0.862. The summed E-state index contributed by atoms with van der Waals surface area (Å²) in [5, 5.41) is 4.71. The van der Waals surface area contributed by atoms with Crippen LogP contribution in [0.5, 0.6) is 5.88 Å². The molecular weight excluding hydrogens is 214 g/mol. The summed E-state index contributed by atoms with van der Waals surface area (Å²) in [6, 6.07) is 0. The SMILES string of the molecule is COc1c(CN)c(C(C)(C)C)nn1C(C)(C)C. The van der Waals surface area contributed by atoms with Gasteiger partial charge in [-0.1, -0.05) is 20.8 Å². The largest absolute Gasteiger partial charge is 0.481 e. The number of hydrogen-bond acceptors (Lipinski definition) is 3. The van der Waals surface area contributed by atoms with Gasteiger partial charge in [0.15, 0.2) is 0 Å². The normalized spacial score (nSPS) is 12.9. The molecule has 0 amide bonds. The van der Waals surface area contributed by atoms with E-state index in [1.165, 1.54) is 0 Å². The van der Waals surface area contributed by atoms with E-state index in [9.17, 15) is 0 Å². The molecular formula is C13H25N3O. The third-order valence-electron chi connectivity index (χ3n) is 2.68. The Kier molecular flexibility index (Phi) is 3.58. The summed E-state index contributed by atoms with van der Waals surface area (Å²) in [6.45, 7) is 13.2. The van der Waals surface area contributed by atoms with Crippen LogP contribution in [0.2, 0.25) is 0 Å². The monoisotopic (exact) mass is 239 g/mol. The summed E-state index contributed by atoms with van der Waals surface area (Å²) in [6.07, 6.45) is 0. The number of hydrogen-bond donors (Lipinski definition) is 1. The molecule has 17 heavy (non-hydrogen) atoms. The van der Waals surface area contributed by atoms with Gasteiger partial charge in [0.2, 0.25) is 5.88 Å². The molecule has 0 aromatic carbocycles. The molecule has 0 saturated carbocycles. The van der Waals surface area contributed by atoms with E-state index in [1.807, 2.05) is 4.68 Å². The average molecular weight is 239 g/mol. The second-order valence-electron chi connectivity index (χ2n) is 6.37. The lowest BCUT2D eigenvalue weighted by molar-refractivity contribution is 0.279. The highest BCUT2D eigenvalue weighted by Gasteiger charge is 2.30. The van der Waals surface area contributed by atoms with Crippen LogP contribution in [0.15, 0.2) is 0 Å². The first-order valence-electron chi connectivity index (χ1n) is 5.99. The maximum absolute atomic E-state index is 5.85. The molecule has 0 atom stereocenters. The highest BCUT2D eigenvalue weighted by atomic mass is 16.5. The van der Waals surface area contributed by atoms with E-state index in [1.54, 1.807) is 7.11 Å². The first-order valence-corrected chi connectivity index (χ1v) is 5.99. The van der Waals surface area contributed by atoms with Gasteiger partial charge in [-0.15, -0.1) is 0 Å². The van der Waals surface area contributed by atoms with Gasteiger partial charge < -0.3 is 10.5 Å². The molecule has 1 rings (SSSR count). The summed E-state index contributed by atoms with van der Waals surface area (Å²) in [4.78, 5) is 0. The Labute approximate surface area is 104 Å². The average Bonchev–Trinajstić information content (AvgIpc) is 2.54. The molecule has 4 nitrogen and oxygen atoms in total. The van der Waals surface area contributed by atoms with Crippen molar-refractivity contribution < 1.29 is 4.74 Å². The minimum atomic E-state index is -0.112. The van der Waals surface area contributed by atoms with Crippen LogP contribution in [-0.4, -0.2) is 16.9 Å². The van der Waals surface area contributed by atoms with E-state index in [2.05, 4.69) is 41.5 Å². The Morgan fingerprint density at radius 1 is 1.18 bits per heavy atom. The van der Waals surface area contributed by atoms with Gasteiger partial charge in [0, 0.05) is 12.0 Å². The lowest BCUT2D eigenvalue weighted by Gasteiger charge is -2.21. The lowest BCUT2D eigenvalue weighted by Crippen LogP contribution is -2.24. The van der Waals surface area contributed by atoms with Crippen LogP contribution in [0.3, 0.4) is 0 Å². The second-order valence-corrected chi connectivity index (χ2v) is 6.37. The summed E-state index contributed by atoms with van der Waals surface area (Å²) in [7, 11) is 1.67. The van der Waals surface area contributed by atoms with Gasteiger partial charge in [-0.05, 0) is 20.8 Å². The summed E-state index contributed by atoms with van der Waals surface area (Å²) in [5.74, 6) is 0.782. The van der Waals surface area contributed by atoms with Gasteiger partial charge in [0.25, 0.3) is 0 Å². The predicted octanol–water partition coefficient (Wildman–Crippen LogP) is 2.40. The van der Waals surface area contributed by atoms with Crippen LogP contribution in [0.25, 0.3) is 0 Å². The van der Waals surface area contributed by atoms with E-state index in [-0.39, 0.29) is 11.0 Å². The Morgan fingerprint density at radius 2 is 1.71 bits per heavy atom. The Balaban J connectivity index is 3.50. The zero-order chi connectivity index (χ0) is 13.4. The maximum atomic E-state index is 5.85. The molecule has 4 heteroatoms. The molecule has 98 valence electrons. The minimum Gasteiger partial charge on any atom is -0.481 e. The zero-order valence-electron chi connectivity index (χ0n) is 12.1. The fraction of sp³-hybridized carbons (Fsp3) is 0.769. The second kappa shape index (κ2) is 4.33. The van der Waals surface area contributed by atoms with Crippen LogP contribution in [-0.2, 0) is 17.5 Å². The summed E-state index contributed by atoms with van der Waals surface area (Å²) < 4.78 is 7.42. The molecule has 0 fully saturated rings. The number of aromatic nitrogens is 2. The molecule has 0 radical (unpaired) electrons. The van der Waals surface area contributed by atoms with Crippen molar-refractivity contribution >= 4 is 0 Å². The summed E-state index contributed by atoms with van der Waals surface area (Å²) in [5.41, 5.74) is 7.73. The van der Waals surface area contributed by atoms with Gasteiger partial charge in [0.05, 0.1) is 23.9 Å². The first kappa shape index (κ1) is 14.0. The molecule has 1 aromatic heterocycles.